The molecule has 0 saturated heterocycles. The Morgan fingerprint density at radius 2 is 2.06 bits per heavy atom. The number of hydrogen-bond acceptors (Lipinski definition) is 4. The molecule has 0 fully saturated rings. The summed E-state index contributed by atoms with van der Waals surface area (Å²) in [5.41, 5.74) is 0.701. The summed E-state index contributed by atoms with van der Waals surface area (Å²) in [4.78, 5) is 9.35. The van der Waals surface area contributed by atoms with E-state index in [0.717, 1.165) is 0 Å². The molecular weight excluding hydrogens is 243 g/mol. The van der Waals surface area contributed by atoms with E-state index >= 15 is 0 Å². The fraction of sp³-hybridized carbons (Fsp3) is 0.455. The highest BCUT2D eigenvalue weighted by atomic mass is 31.2. The van der Waals surface area contributed by atoms with E-state index < -0.39 is 7.60 Å². The summed E-state index contributed by atoms with van der Waals surface area (Å²) < 4.78 is 26.2. The van der Waals surface area contributed by atoms with Gasteiger partial charge in [-0.3, -0.25) is 4.57 Å². The largest absolute Gasteiger partial charge is 0.491 e. The first kappa shape index (κ1) is 14.2. The van der Waals surface area contributed by atoms with Gasteiger partial charge in [-0.1, -0.05) is 12.1 Å². The highest BCUT2D eigenvalue weighted by molar-refractivity contribution is 7.51. The second-order valence-electron chi connectivity index (χ2n) is 3.47. The lowest BCUT2D eigenvalue weighted by Crippen LogP contribution is -2.04. The first-order valence-electron chi connectivity index (χ1n) is 5.15. The second-order valence-corrected chi connectivity index (χ2v) is 5.42. The second kappa shape index (κ2) is 6.77. The number of benzene rings is 1. The minimum absolute atomic E-state index is 0.0228. The van der Waals surface area contributed by atoms with E-state index in [4.69, 9.17) is 9.47 Å². The minimum atomic E-state index is -3.53. The van der Waals surface area contributed by atoms with E-state index in [9.17, 15) is 9.46 Å². The van der Waals surface area contributed by atoms with Gasteiger partial charge in [-0.15, -0.1) is 0 Å². The number of ether oxygens (including phenoxy) is 2. The average Bonchev–Trinajstić information content (AvgIpc) is 2.29. The molecule has 5 nitrogen and oxygen atoms in total. The van der Waals surface area contributed by atoms with Crippen molar-refractivity contribution in [3.05, 3.63) is 29.8 Å². The summed E-state index contributed by atoms with van der Waals surface area (Å²) in [6.45, 7) is 0.946. The normalized spacial score (nSPS) is 14.3. The number of hydrogen-bond donors (Lipinski definition) is 1. The maximum Gasteiger partial charge on any atom is 0.332 e. The molecule has 0 aliphatic rings. The van der Waals surface area contributed by atoms with Crippen molar-refractivity contribution in [1.29, 1.82) is 0 Å². The number of methoxy groups -OCH3 is 1. The van der Waals surface area contributed by atoms with Gasteiger partial charge in [0.15, 0.2) is 0 Å². The van der Waals surface area contributed by atoms with Gasteiger partial charge in [0, 0.05) is 14.2 Å². The molecule has 1 unspecified atom stereocenters. The zero-order valence-electron chi connectivity index (χ0n) is 9.96. The lowest BCUT2D eigenvalue weighted by molar-refractivity contribution is 0.146. The van der Waals surface area contributed by atoms with Crippen molar-refractivity contribution in [3.8, 4) is 5.75 Å². The Bertz CT molecular complexity index is 393. The van der Waals surface area contributed by atoms with Crippen molar-refractivity contribution >= 4 is 7.60 Å². The molecule has 0 aromatic heterocycles. The van der Waals surface area contributed by atoms with Crippen LogP contribution in [0.2, 0.25) is 0 Å². The van der Waals surface area contributed by atoms with Gasteiger partial charge in [0.05, 0.1) is 12.8 Å². The molecule has 1 rings (SSSR count). The summed E-state index contributed by atoms with van der Waals surface area (Å²) in [6.07, 6.45) is -0.0228. The van der Waals surface area contributed by atoms with Crippen LogP contribution >= 0.6 is 7.60 Å². The fourth-order valence-electron chi connectivity index (χ4n) is 1.27. The molecule has 0 saturated carbocycles. The van der Waals surface area contributed by atoms with E-state index in [0.29, 0.717) is 24.5 Å². The van der Waals surface area contributed by atoms with Crippen molar-refractivity contribution in [1.82, 2.24) is 0 Å². The molecule has 1 N–H and O–H groups in total. The quantitative estimate of drug-likeness (QED) is 0.600. The third-order valence-electron chi connectivity index (χ3n) is 2.12. The standard InChI is InChI=1S/C11H17O5P/c1-14-6-7-16-11-5-3-4-10(8-11)9-17(12,13)15-2/h3-5,8H,6-7,9H2,1-2H3,(H,12,13). The van der Waals surface area contributed by atoms with Crippen LogP contribution in [-0.2, 0) is 20.0 Å². The summed E-state index contributed by atoms with van der Waals surface area (Å²) in [5.74, 6) is 0.649. The summed E-state index contributed by atoms with van der Waals surface area (Å²) in [5, 5.41) is 0. The predicted octanol–water partition coefficient (Wildman–Crippen LogP) is 2.04. The smallest absolute Gasteiger partial charge is 0.332 e. The molecule has 6 heteroatoms. The van der Waals surface area contributed by atoms with E-state index in [2.05, 4.69) is 4.52 Å². The van der Waals surface area contributed by atoms with Crippen molar-refractivity contribution in [3.63, 3.8) is 0 Å². The van der Waals surface area contributed by atoms with Gasteiger partial charge in [-0.25, -0.2) is 0 Å². The Morgan fingerprint density at radius 1 is 1.29 bits per heavy atom. The molecule has 17 heavy (non-hydrogen) atoms. The van der Waals surface area contributed by atoms with Crippen LogP contribution in [0.15, 0.2) is 24.3 Å². The van der Waals surface area contributed by atoms with Gasteiger partial charge in [-0.2, -0.15) is 0 Å². The molecule has 0 aliphatic heterocycles. The average molecular weight is 260 g/mol. The van der Waals surface area contributed by atoms with Gasteiger partial charge in [0.25, 0.3) is 0 Å². The minimum Gasteiger partial charge on any atom is -0.491 e. The lowest BCUT2D eigenvalue weighted by Gasteiger charge is -2.10. The van der Waals surface area contributed by atoms with Crippen LogP contribution in [0.25, 0.3) is 0 Å². The predicted molar refractivity (Wildman–Crippen MR) is 64.4 cm³/mol. The molecule has 0 bridgehead atoms. The zero-order chi connectivity index (χ0) is 12.7. The van der Waals surface area contributed by atoms with Crippen LogP contribution in [0.1, 0.15) is 5.56 Å². The molecule has 1 aromatic rings. The Kier molecular flexibility index (Phi) is 5.65. The van der Waals surface area contributed by atoms with Gasteiger partial charge < -0.3 is 18.9 Å². The van der Waals surface area contributed by atoms with Gasteiger partial charge in [0.2, 0.25) is 0 Å². The molecular formula is C11H17O5P. The summed E-state index contributed by atoms with van der Waals surface area (Å²) in [7, 11) is -0.708. The van der Waals surface area contributed by atoms with Crippen LogP contribution in [0.3, 0.4) is 0 Å². The molecule has 0 aliphatic carbocycles. The van der Waals surface area contributed by atoms with Crippen LogP contribution in [0, 0.1) is 0 Å². The van der Waals surface area contributed by atoms with Crippen molar-refractivity contribution < 1.29 is 23.5 Å². The topological polar surface area (TPSA) is 65.0 Å². The summed E-state index contributed by atoms with van der Waals surface area (Å²) >= 11 is 0. The van der Waals surface area contributed by atoms with Crippen LogP contribution < -0.4 is 4.74 Å². The maximum absolute atomic E-state index is 11.4. The Morgan fingerprint density at radius 3 is 2.71 bits per heavy atom. The van der Waals surface area contributed by atoms with E-state index in [1.54, 1.807) is 31.4 Å². The molecule has 1 atom stereocenters. The van der Waals surface area contributed by atoms with Gasteiger partial charge in [-0.05, 0) is 17.7 Å². The van der Waals surface area contributed by atoms with Crippen LogP contribution in [0.4, 0.5) is 0 Å². The van der Waals surface area contributed by atoms with Gasteiger partial charge in [0.1, 0.15) is 12.4 Å². The first-order chi connectivity index (χ1) is 8.07. The highest BCUT2D eigenvalue weighted by Crippen LogP contribution is 2.44. The van der Waals surface area contributed by atoms with Crippen LogP contribution in [0.5, 0.6) is 5.75 Å². The third kappa shape index (κ3) is 5.33. The fourth-order valence-corrected chi connectivity index (χ4v) is 2.06. The molecule has 0 heterocycles. The van der Waals surface area contributed by atoms with Crippen molar-refractivity contribution in [2.75, 3.05) is 27.4 Å². The Labute approximate surface area is 101 Å². The van der Waals surface area contributed by atoms with Crippen LogP contribution in [-0.4, -0.2) is 32.3 Å². The monoisotopic (exact) mass is 260 g/mol. The zero-order valence-corrected chi connectivity index (χ0v) is 10.9. The van der Waals surface area contributed by atoms with E-state index in [1.807, 2.05) is 0 Å². The Balaban J connectivity index is 2.62. The molecule has 0 radical (unpaired) electrons. The van der Waals surface area contributed by atoms with E-state index in [-0.39, 0.29) is 6.16 Å². The maximum atomic E-state index is 11.4. The van der Waals surface area contributed by atoms with Crippen molar-refractivity contribution in [2.24, 2.45) is 0 Å². The van der Waals surface area contributed by atoms with E-state index in [1.165, 1.54) is 7.11 Å². The molecule has 1 aromatic carbocycles. The SMILES string of the molecule is COCCOc1cccc(CP(=O)(O)OC)c1. The van der Waals surface area contributed by atoms with Crippen molar-refractivity contribution in [2.45, 2.75) is 6.16 Å². The Hall–Kier alpha value is -0.870. The lowest BCUT2D eigenvalue weighted by atomic mass is 10.2. The highest BCUT2D eigenvalue weighted by Gasteiger charge is 2.17. The van der Waals surface area contributed by atoms with Gasteiger partial charge >= 0.3 is 7.60 Å². The third-order valence-corrected chi connectivity index (χ3v) is 3.46. The molecule has 0 spiro atoms. The first-order valence-corrected chi connectivity index (χ1v) is 6.92. The molecule has 0 amide bonds. The summed E-state index contributed by atoms with van der Waals surface area (Å²) in [6, 6.07) is 7.03. The number of rotatable bonds is 7. The molecule has 96 valence electrons.